The van der Waals surface area contributed by atoms with Crippen LogP contribution in [-0.2, 0) is 14.3 Å². The minimum Gasteiger partial charge on any atom is -0.507 e. The fourth-order valence-corrected chi connectivity index (χ4v) is 4.14. The zero-order valence-corrected chi connectivity index (χ0v) is 19.7. The van der Waals surface area contributed by atoms with E-state index in [-0.39, 0.29) is 22.5 Å². The highest BCUT2D eigenvalue weighted by Gasteiger charge is 2.26. The maximum atomic E-state index is 12.7. The highest BCUT2D eigenvalue weighted by atomic mass is 16.5. The molecule has 0 radical (unpaired) electrons. The summed E-state index contributed by atoms with van der Waals surface area (Å²) in [4.78, 5) is 40.9. The highest BCUT2D eigenvalue weighted by molar-refractivity contribution is 5.93. The molecule has 1 atom stereocenters. The maximum absolute atomic E-state index is 12.7. The summed E-state index contributed by atoms with van der Waals surface area (Å²) in [5.41, 5.74) is 1.74. The molecule has 0 saturated carbocycles. The lowest BCUT2D eigenvalue weighted by molar-refractivity contribution is -0.145. The van der Waals surface area contributed by atoms with E-state index >= 15 is 0 Å². The van der Waals surface area contributed by atoms with Crippen molar-refractivity contribution in [3.63, 3.8) is 0 Å². The molecule has 0 aliphatic heterocycles. The standard InChI is InChI=1S/C28H22N2O7/c1-35-28(34)27(19-14-29-20-10-6-5-9-18(19)20)30-25(33)15-36-17-11-21(31)26-22(32)13-23(37-24(26)12-17)16-7-3-2-4-8-16/h2-14,27,29,31H,15H2,1H3,(H,30,33)/t27-/m1/s1. The number of aromatic amines is 1. The summed E-state index contributed by atoms with van der Waals surface area (Å²) in [5.74, 6) is -1.15. The Morgan fingerprint density at radius 2 is 1.81 bits per heavy atom. The number of phenols is 1. The van der Waals surface area contributed by atoms with Gasteiger partial charge in [-0.2, -0.15) is 0 Å². The first kappa shape index (κ1) is 23.7. The molecule has 0 aliphatic carbocycles. The Kier molecular flexibility index (Phi) is 6.34. The number of aromatic hydroxyl groups is 1. The van der Waals surface area contributed by atoms with Crippen molar-refractivity contribution in [1.82, 2.24) is 10.3 Å². The van der Waals surface area contributed by atoms with Crippen molar-refractivity contribution in [1.29, 1.82) is 0 Å². The Bertz CT molecular complexity index is 1670. The third-order valence-corrected chi connectivity index (χ3v) is 5.89. The monoisotopic (exact) mass is 498 g/mol. The van der Waals surface area contributed by atoms with Crippen molar-refractivity contribution in [2.24, 2.45) is 0 Å². The Morgan fingerprint density at radius 3 is 2.59 bits per heavy atom. The first-order valence-corrected chi connectivity index (χ1v) is 11.4. The normalized spacial score (nSPS) is 11.8. The maximum Gasteiger partial charge on any atom is 0.333 e. The van der Waals surface area contributed by atoms with Gasteiger partial charge in [-0.25, -0.2) is 4.79 Å². The topological polar surface area (TPSA) is 131 Å². The number of fused-ring (bicyclic) bond motifs is 2. The number of carbonyl (C=O) groups is 2. The fourth-order valence-electron chi connectivity index (χ4n) is 4.14. The molecular weight excluding hydrogens is 476 g/mol. The molecule has 3 N–H and O–H groups in total. The van der Waals surface area contributed by atoms with Gasteiger partial charge in [-0.15, -0.1) is 0 Å². The van der Waals surface area contributed by atoms with Crippen LogP contribution in [0.15, 0.2) is 88.2 Å². The van der Waals surface area contributed by atoms with Crippen LogP contribution in [0.5, 0.6) is 11.5 Å². The molecule has 9 nitrogen and oxygen atoms in total. The summed E-state index contributed by atoms with van der Waals surface area (Å²) in [5, 5.41) is 13.8. The molecular formula is C28H22N2O7. The Morgan fingerprint density at radius 1 is 1.05 bits per heavy atom. The largest absolute Gasteiger partial charge is 0.507 e. The molecule has 2 aromatic heterocycles. The number of rotatable bonds is 7. The van der Waals surface area contributed by atoms with Crippen LogP contribution in [0.1, 0.15) is 11.6 Å². The predicted molar refractivity (Wildman–Crippen MR) is 136 cm³/mol. The van der Waals surface area contributed by atoms with Gasteiger partial charge in [-0.1, -0.05) is 48.5 Å². The van der Waals surface area contributed by atoms with Gasteiger partial charge in [0, 0.05) is 46.4 Å². The first-order chi connectivity index (χ1) is 17.9. The Balaban J connectivity index is 1.37. The zero-order chi connectivity index (χ0) is 25.9. The van der Waals surface area contributed by atoms with E-state index in [2.05, 4.69) is 10.3 Å². The van der Waals surface area contributed by atoms with Crippen LogP contribution >= 0.6 is 0 Å². The van der Waals surface area contributed by atoms with E-state index in [1.54, 1.807) is 18.3 Å². The summed E-state index contributed by atoms with van der Waals surface area (Å²) >= 11 is 0. The van der Waals surface area contributed by atoms with Crippen molar-refractivity contribution in [2.75, 3.05) is 13.7 Å². The van der Waals surface area contributed by atoms with Gasteiger partial charge in [0.1, 0.15) is 28.2 Å². The summed E-state index contributed by atoms with van der Waals surface area (Å²) in [6.45, 7) is -0.469. The second-order valence-electron chi connectivity index (χ2n) is 8.26. The van der Waals surface area contributed by atoms with E-state index in [9.17, 15) is 19.5 Å². The number of ether oxygens (including phenoxy) is 2. The molecule has 186 valence electrons. The second kappa shape index (κ2) is 9.90. The molecule has 1 amide bonds. The number of esters is 1. The van der Waals surface area contributed by atoms with E-state index in [1.807, 2.05) is 42.5 Å². The summed E-state index contributed by atoms with van der Waals surface area (Å²) < 4.78 is 16.3. The number of hydrogen-bond acceptors (Lipinski definition) is 7. The lowest BCUT2D eigenvalue weighted by Gasteiger charge is -2.16. The number of methoxy groups -OCH3 is 1. The van der Waals surface area contributed by atoms with Crippen LogP contribution in [0.4, 0.5) is 0 Å². The average molecular weight is 498 g/mol. The number of H-pyrrole nitrogens is 1. The highest BCUT2D eigenvalue weighted by Crippen LogP contribution is 2.31. The number of aromatic nitrogens is 1. The van der Waals surface area contributed by atoms with Crippen LogP contribution in [0.25, 0.3) is 33.2 Å². The van der Waals surface area contributed by atoms with Gasteiger partial charge < -0.3 is 29.3 Å². The van der Waals surface area contributed by atoms with Crippen LogP contribution in [0.2, 0.25) is 0 Å². The van der Waals surface area contributed by atoms with Gasteiger partial charge in [0.05, 0.1) is 7.11 Å². The molecule has 5 aromatic rings. The number of benzene rings is 3. The Labute approximate surface area is 210 Å². The number of phenolic OH excluding ortho intramolecular Hbond substituents is 1. The van der Waals surface area contributed by atoms with Crippen molar-refractivity contribution >= 4 is 33.7 Å². The first-order valence-electron chi connectivity index (χ1n) is 11.4. The summed E-state index contributed by atoms with van der Waals surface area (Å²) in [6.07, 6.45) is 1.64. The van der Waals surface area contributed by atoms with Gasteiger partial charge in [0.2, 0.25) is 0 Å². The predicted octanol–water partition coefficient (Wildman–Crippen LogP) is 4.06. The molecule has 9 heteroatoms. The summed E-state index contributed by atoms with van der Waals surface area (Å²) in [6, 6.07) is 19.3. The number of nitrogens with one attached hydrogen (secondary N) is 2. The lowest BCUT2D eigenvalue weighted by Crippen LogP contribution is -2.37. The van der Waals surface area contributed by atoms with Gasteiger partial charge >= 0.3 is 5.97 Å². The van der Waals surface area contributed by atoms with Crippen LogP contribution < -0.4 is 15.5 Å². The van der Waals surface area contributed by atoms with Crippen LogP contribution in [0.3, 0.4) is 0 Å². The van der Waals surface area contributed by atoms with Crippen LogP contribution in [-0.4, -0.2) is 35.7 Å². The third-order valence-electron chi connectivity index (χ3n) is 5.89. The molecule has 0 bridgehead atoms. The molecule has 2 heterocycles. The average Bonchev–Trinajstić information content (AvgIpc) is 3.34. The van der Waals surface area contributed by atoms with Crippen molar-refractivity contribution < 1.29 is 28.6 Å². The quantitative estimate of drug-likeness (QED) is 0.289. The van der Waals surface area contributed by atoms with E-state index in [0.29, 0.717) is 16.9 Å². The van der Waals surface area contributed by atoms with Gasteiger partial charge in [-0.05, 0) is 6.07 Å². The zero-order valence-electron chi connectivity index (χ0n) is 19.7. The van der Waals surface area contributed by atoms with Crippen molar-refractivity contribution in [3.05, 3.63) is 94.8 Å². The van der Waals surface area contributed by atoms with E-state index in [4.69, 9.17) is 13.9 Å². The molecule has 5 rings (SSSR count). The number of amides is 1. The Hall–Kier alpha value is -5.05. The molecule has 0 unspecified atom stereocenters. The number of carbonyl (C=O) groups excluding carboxylic acids is 2. The van der Waals surface area contributed by atoms with Crippen molar-refractivity contribution in [3.8, 4) is 22.8 Å². The third kappa shape index (κ3) is 4.74. The molecule has 37 heavy (non-hydrogen) atoms. The minimum absolute atomic E-state index is 0.00146. The SMILES string of the molecule is COC(=O)[C@H](NC(=O)COc1cc(O)c2c(=O)cc(-c3ccccc3)oc2c1)c1c[nH]c2ccccc12. The molecule has 0 spiro atoms. The van der Waals surface area contributed by atoms with E-state index < -0.39 is 30.0 Å². The van der Waals surface area contributed by atoms with Gasteiger partial charge in [-0.3, -0.25) is 9.59 Å². The fraction of sp³-hybridized carbons (Fsp3) is 0.107. The van der Waals surface area contributed by atoms with E-state index in [1.165, 1.54) is 25.3 Å². The minimum atomic E-state index is -1.06. The van der Waals surface area contributed by atoms with E-state index in [0.717, 1.165) is 10.9 Å². The smallest absolute Gasteiger partial charge is 0.333 e. The molecule has 3 aromatic carbocycles. The van der Waals surface area contributed by atoms with Gasteiger partial charge in [0.25, 0.3) is 5.91 Å². The number of para-hydroxylation sites is 1. The molecule has 0 fully saturated rings. The number of hydrogen-bond donors (Lipinski definition) is 3. The van der Waals surface area contributed by atoms with Crippen molar-refractivity contribution in [2.45, 2.75) is 6.04 Å². The second-order valence-corrected chi connectivity index (χ2v) is 8.26. The summed E-state index contributed by atoms with van der Waals surface area (Å²) in [7, 11) is 1.24. The molecule has 0 saturated heterocycles. The van der Waals surface area contributed by atoms with Crippen LogP contribution in [0, 0.1) is 0 Å². The van der Waals surface area contributed by atoms with Gasteiger partial charge in [0.15, 0.2) is 18.1 Å². The lowest BCUT2D eigenvalue weighted by atomic mass is 10.1. The molecule has 0 aliphatic rings.